The van der Waals surface area contributed by atoms with E-state index in [2.05, 4.69) is 17.0 Å². The van der Waals surface area contributed by atoms with Gasteiger partial charge in [-0.3, -0.25) is 9.48 Å². The number of nitrogens with zero attached hydrogens (tertiary/aromatic N) is 3. The van der Waals surface area contributed by atoms with Gasteiger partial charge in [-0.1, -0.05) is 13.3 Å². The molecule has 2 saturated carbocycles. The second-order valence-corrected chi connectivity index (χ2v) is 6.12. The number of aryl methyl sites for hydroxylation is 1. The van der Waals surface area contributed by atoms with E-state index in [1.807, 2.05) is 4.68 Å². The smallest absolute Gasteiger partial charge is 0.310 e. The van der Waals surface area contributed by atoms with Crippen LogP contribution in [0.3, 0.4) is 0 Å². The number of carboxylic acid groups (broad SMARTS) is 1. The lowest BCUT2D eigenvalue weighted by atomic mass is 9.70. The van der Waals surface area contributed by atoms with E-state index in [0.29, 0.717) is 18.3 Å². The Labute approximate surface area is 113 Å². The second-order valence-electron chi connectivity index (χ2n) is 6.12. The molecule has 0 radical (unpaired) electrons. The normalized spacial score (nSPS) is 32.9. The summed E-state index contributed by atoms with van der Waals surface area (Å²) in [6, 6.07) is 0. The molecule has 1 aromatic rings. The van der Waals surface area contributed by atoms with Gasteiger partial charge in [-0.2, -0.15) is 5.10 Å². The maximum Gasteiger partial charge on any atom is 0.310 e. The molecule has 0 aromatic carbocycles. The van der Waals surface area contributed by atoms with Crippen molar-refractivity contribution in [3.8, 4) is 0 Å². The first-order valence-corrected chi connectivity index (χ1v) is 7.26. The third-order valence-corrected chi connectivity index (χ3v) is 5.01. The summed E-state index contributed by atoms with van der Waals surface area (Å²) in [6.45, 7) is 2.91. The lowest BCUT2D eigenvalue weighted by Gasteiger charge is -2.33. The van der Waals surface area contributed by atoms with E-state index >= 15 is 0 Å². The molecule has 3 atom stereocenters. The summed E-state index contributed by atoms with van der Waals surface area (Å²) in [6.07, 6.45) is 7.28. The van der Waals surface area contributed by atoms with Crippen LogP contribution in [0.4, 0.5) is 0 Å². The van der Waals surface area contributed by atoms with Crippen molar-refractivity contribution in [3.63, 3.8) is 0 Å². The molecule has 0 spiro atoms. The van der Waals surface area contributed by atoms with Crippen LogP contribution in [0.5, 0.6) is 0 Å². The van der Waals surface area contributed by atoms with Gasteiger partial charge in [0.1, 0.15) is 12.2 Å². The van der Waals surface area contributed by atoms with Gasteiger partial charge < -0.3 is 5.11 Å². The van der Waals surface area contributed by atoms with Crippen LogP contribution >= 0.6 is 0 Å². The zero-order chi connectivity index (χ0) is 13.5. The Balaban J connectivity index is 1.86. The third-order valence-electron chi connectivity index (χ3n) is 5.01. The summed E-state index contributed by atoms with van der Waals surface area (Å²) in [7, 11) is 0. The predicted octanol–water partition coefficient (Wildman–Crippen LogP) is 2.12. The maximum atomic E-state index is 11.9. The molecule has 2 aliphatic rings. The number of aromatic nitrogens is 3. The quantitative estimate of drug-likeness (QED) is 0.883. The van der Waals surface area contributed by atoms with E-state index < -0.39 is 11.4 Å². The Kier molecular flexibility index (Phi) is 3.07. The molecule has 19 heavy (non-hydrogen) atoms. The molecular weight excluding hydrogens is 242 g/mol. The minimum Gasteiger partial charge on any atom is -0.481 e. The topological polar surface area (TPSA) is 68.0 Å². The van der Waals surface area contributed by atoms with Crippen molar-refractivity contribution in [1.82, 2.24) is 14.8 Å². The van der Waals surface area contributed by atoms with Gasteiger partial charge in [0.05, 0.1) is 5.41 Å². The zero-order valence-electron chi connectivity index (χ0n) is 11.4. The fourth-order valence-electron chi connectivity index (χ4n) is 4.10. The monoisotopic (exact) mass is 263 g/mol. The van der Waals surface area contributed by atoms with Crippen molar-refractivity contribution in [2.45, 2.75) is 52.0 Å². The first-order chi connectivity index (χ1) is 9.15. The number of hydrogen-bond donors (Lipinski definition) is 1. The molecule has 0 amide bonds. The first kappa shape index (κ1) is 12.6. The van der Waals surface area contributed by atoms with E-state index in [4.69, 9.17) is 0 Å². The maximum absolute atomic E-state index is 11.9. The molecule has 104 valence electrons. The molecular formula is C14H21N3O2. The van der Waals surface area contributed by atoms with Gasteiger partial charge in [-0.25, -0.2) is 4.98 Å². The van der Waals surface area contributed by atoms with Crippen LogP contribution in [0, 0.1) is 17.3 Å². The van der Waals surface area contributed by atoms with Crippen LogP contribution in [0.2, 0.25) is 0 Å². The second kappa shape index (κ2) is 4.62. The highest BCUT2D eigenvalue weighted by Crippen LogP contribution is 2.57. The lowest BCUT2D eigenvalue weighted by Crippen LogP contribution is -2.39. The highest BCUT2D eigenvalue weighted by atomic mass is 16.4. The first-order valence-electron chi connectivity index (χ1n) is 7.26. The standard InChI is InChI=1S/C14H21N3O2/c1-2-5-17-12(15-9-16-17)8-14(13(18)19)7-10-3-4-11(14)6-10/h9-11H,2-8H2,1H3,(H,18,19). The molecule has 5 heteroatoms. The molecule has 1 aromatic heterocycles. The molecule has 0 saturated heterocycles. The predicted molar refractivity (Wildman–Crippen MR) is 69.5 cm³/mol. The van der Waals surface area contributed by atoms with Gasteiger partial charge in [-0.15, -0.1) is 0 Å². The summed E-state index contributed by atoms with van der Waals surface area (Å²) >= 11 is 0. The Morgan fingerprint density at radius 1 is 1.58 bits per heavy atom. The summed E-state index contributed by atoms with van der Waals surface area (Å²) in [5.74, 6) is 1.16. The molecule has 1 N–H and O–H groups in total. The van der Waals surface area contributed by atoms with Gasteiger partial charge in [0, 0.05) is 13.0 Å². The molecule has 2 aliphatic carbocycles. The number of hydrogen-bond acceptors (Lipinski definition) is 3. The van der Waals surface area contributed by atoms with E-state index in [-0.39, 0.29) is 0 Å². The molecule has 2 fully saturated rings. The van der Waals surface area contributed by atoms with Crippen molar-refractivity contribution in [1.29, 1.82) is 0 Å². The number of carbonyl (C=O) groups is 1. The number of rotatable bonds is 5. The van der Waals surface area contributed by atoms with Gasteiger partial charge >= 0.3 is 5.97 Å². The summed E-state index contributed by atoms with van der Waals surface area (Å²) in [5, 5.41) is 14.0. The van der Waals surface area contributed by atoms with Crippen molar-refractivity contribution in [2.24, 2.45) is 17.3 Å². The SMILES string of the molecule is CCCn1ncnc1CC1(C(=O)O)CC2CCC1C2. The van der Waals surface area contributed by atoms with Crippen LogP contribution in [-0.2, 0) is 17.8 Å². The molecule has 0 aliphatic heterocycles. The summed E-state index contributed by atoms with van der Waals surface area (Å²) < 4.78 is 1.87. The van der Waals surface area contributed by atoms with Crippen molar-refractivity contribution in [3.05, 3.63) is 12.2 Å². The highest BCUT2D eigenvalue weighted by Gasteiger charge is 2.56. The van der Waals surface area contributed by atoms with Crippen molar-refractivity contribution >= 4 is 5.97 Å². The van der Waals surface area contributed by atoms with Gasteiger partial charge in [0.25, 0.3) is 0 Å². The van der Waals surface area contributed by atoms with Crippen LogP contribution in [0.15, 0.2) is 6.33 Å². The van der Waals surface area contributed by atoms with E-state index in [1.165, 1.54) is 6.42 Å². The van der Waals surface area contributed by atoms with Gasteiger partial charge in [0.2, 0.25) is 0 Å². The summed E-state index contributed by atoms with van der Waals surface area (Å²) in [5.41, 5.74) is -0.582. The molecule has 3 rings (SSSR count). The third kappa shape index (κ3) is 1.95. The van der Waals surface area contributed by atoms with E-state index in [1.54, 1.807) is 6.33 Å². The Hall–Kier alpha value is -1.39. The van der Waals surface area contributed by atoms with Crippen molar-refractivity contribution < 1.29 is 9.90 Å². The van der Waals surface area contributed by atoms with Gasteiger partial charge in [-0.05, 0) is 37.5 Å². The molecule has 5 nitrogen and oxygen atoms in total. The van der Waals surface area contributed by atoms with E-state index in [9.17, 15) is 9.90 Å². The Morgan fingerprint density at radius 2 is 2.42 bits per heavy atom. The van der Waals surface area contributed by atoms with Crippen LogP contribution < -0.4 is 0 Å². The number of carboxylic acids is 1. The number of aliphatic carboxylic acids is 1. The van der Waals surface area contributed by atoms with Crippen LogP contribution in [0.25, 0.3) is 0 Å². The summed E-state index contributed by atoms with van der Waals surface area (Å²) in [4.78, 5) is 16.1. The van der Waals surface area contributed by atoms with Crippen molar-refractivity contribution in [2.75, 3.05) is 0 Å². The number of fused-ring (bicyclic) bond motifs is 2. The minimum absolute atomic E-state index is 0.335. The minimum atomic E-state index is -0.634. The van der Waals surface area contributed by atoms with Crippen LogP contribution in [0.1, 0.15) is 44.9 Å². The molecule has 3 unspecified atom stereocenters. The van der Waals surface area contributed by atoms with E-state index in [0.717, 1.165) is 38.1 Å². The Bertz CT molecular complexity index is 485. The van der Waals surface area contributed by atoms with Gasteiger partial charge in [0.15, 0.2) is 0 Å². The largest absolute Gasteiger partial charge is 0.481 e. The average Bonchev–Trinajstić information content (AvgIpc) is 3.06. The molecule has 1 heterocycles. The molecule has 2 bridgehead atoms. The zero-order valence-corrected chi connectivity index (χ0v) is 11.4. The highest BCUT2D eigenvalue weighted by molar-refractivity contribution is 5.76. The average molecular weight is 263 g/mol. The Morgan fingerprint density at radius 3 is 3.00 bits per heavy atom. The fraction of sp³-hybridized carbons (Fsp3) is 0.786. The fourth-order valence-corrected chi connectivity index (χ4v) is 4.10. The lowest BCUT2D eigenvalue weighted by molar-refractivity contribution is -0.152. The van der Waals surface area contributed by atoms with Crippen LogP contribution in [-0.4, -0.2) is 25.8 Å².